The van der Waals surface area contributed by atoms with Gasteiger partial charge in [0.1, 0.15) is 5.82 Å². The average Bonchev–Trinajstić information content (AvgIpc) is 2.56. The van der Waals surface area contributed by atoms with Crippen molar-refractivity contribution in [1.29, 1.82) is 0 Å². The third-order valence-corrected chi connectivity index (χ3v) is 4.28. The van der Waals surface area contributed by atoms with Crippen LogP contribution >= 0.6 is 45.9 Å². The summed E-state index contributed by atoms with van der Waals surface area (Å²) in [7, 11) is 0. The number of rotatable bonds is 2. The lowest BCUT2D eigenvalue weighted by Crippen LogP contribution is -1.88. The summed E-state index contributed by atoms with van der Waals surface area (Å²) in [6, 6.07) is 6.00. The Morgan fingerprint density at radius 2 is 2.27 bits per heavy atom. The summed E-state index contributed by atoms with van der Waals surface area (Å²) >= 11 is 5.20. The van der Waals surface area contributed by atoms with E-state index in [0.29, 0.717) is 0 Å². The molecule has 2 aromatic rings. The zero-order chi connectivity index (χ0) is 10.8. The lowest BCUT2D eigenvalue weighted by atomic mass is 10.3. The highest BCUT2D eigenvalue weighted by molar-refractivity contribution is 14.1. The molecule has 6 heteroatoms. The summed E-state index contributed by atoms with van der Waals surface area (Å²) in [5.41, 5.74) is 6.70. The monoisotopic (exact) mass is 349 g/mol. The van der Waals surface area contributed by atoms with Crippen LogP contribution in [-0.2, 0) is 0 Å². The molecule has 2 rings (SSSR count). The Bertz CT molecular complexity index is 484. The molecule has 0 bridgehead atoms. The molecule has 78 valence electrons. The van der Waals surface area contributed by atoms with Gasteiger partial charge in [0.25, 0.3) is 0 Å². The summed E-state index contributed by atoms with van der Waals surface area (Å²) in [4.78, 5) is 5.32. The van der Waals surface area contributed by atoms with Gasteiger partial charge in [0, 0.05) is 14.2 Å². The number of anilines is 1. The molecule has 0 aliphatic carbocycles. The number of nitrogens with zero attached hydrogens (tertiary/aromatic N) is 2. The maximum Gasteiger partial charge on any atom is 0.174 e. The number of benzene rings is 1. The molecular weight excluding hydrogens is 341 g/mol. The molecule has 1 aromatic carbocycles. The first kappa shape index (κ1) is 11.2. The number of nitrogen functional groups attached to an aromatic ring is 1. The predicted octanol–water partition coefficient (Wildman–Crippen LogP) is 3.18. The van der Waals surface area contributed by atoms with Crippen molar-refractivity contribution >= 4 is 51.6 Å². The lowest BCUT2D eigenvalue weighted by molar-refractivity contribution is 1.10. The van der Waals surface area contributed by atoms with Gasteiger partial charge in [0.05, 0.1) is 0 Å². The van der Waals surface area contributed by atoms with E-state index < -0.39 is 0 Å². The van der Waals surface area contributed by atoms with Crippen LogP contribution in [-0.4, -0.2) is 9.36 Å². The normalized spacial score (nSPS) is 10.5. The summed E-state index contributed by atoms with van der Waals surface area (Å²) in [6.45, 7) is 1.89. The predicted molar refractivity (Wildman–Crippen MR) is 72.3 cm³/mol. The zero-order valence-electron chi connectivity index (χ0n) is 7.90. The number of aryl methyl sites for hydroxylation is 1. The highest BCUT2D eigenvalue weighted by Gasteiger charge is 2.06. The smallest absolute Gasteiger partial charge is 0.174 e. The first-order valence-electron chi connectivity index (χ1n) is 4.18. The van der Waals surface area contributed by atoms with Crippen molar-refractivity contribution in [2.45, 2.75) is 16.2 Å². The van der Waals surface area contributed by atoms with Gasteiger partial charge in [-0.15, -0.1) is 0 Å². The topological polar surface area (TPSA) is 51.8 Å². The maximum atomic E-state index is 5.91. The molecule has 0 saturated carbocycles. The summed E-state index contributed by atoms with van der Waals surface area (Å²) in [5.74, 6) is 0.812. The van der Waals surface area contributed by atoms with E-state index in [2.05, 4.69) is 31.9 Å². The van der Waals surface area contributed by atoms with Gasteiger partial charge in [0.15, 0.2) is 4.34 Å². The molecule has 1 heterocycles. The fraction of sp³-hybridized carbons (Fsp3) is 0.111. The van der Waals surface area contributed by atoms with Crippen molar-refractivity contribution < 1.29 is 0 Å². The molecule has 0 radical (unpaired) electrons. The fourth-order valence-electron chi connectivity index (χ4n) is 1.03. The quantitative estimate of drug-likeness (QED) is 0.668. The van der Waals surface area contributed by atoms with Crippen LogP contribution in [0.1, 0.15) is 5.82 Å². The van der Waals surface area contributed by atoms with Crippen LogP contribution in [0.25, 0.3) is 0 Å². The van der Waals surface area contributed by atoms with Gasteiger partial charge < -0.3 is 5.73 Å². The molecule has 0 amide bonds. The highest BCUT2D eigenvalue weighted by atomic mass is 127. The van der Waals surface area contributed by atoms with E-state index in [0.717, 1.165) is 24.3 Å². The van der Waals surface area contributed by atoms with Gasteiger partial charge in [-0.2, -0.15) is 4.37 Å². The summed E-state index contributed by atoms with van der Waals surface area (Å²) in [5, 5.41) is 0. The van der Waals surface area contributed by atoms with Crippen molar-refractivity contribution in [3.05, 3.63) is 27.6 Å². The van der Waals surface area contributed by atoms with Crippen LogP contribution in [0.5, 0.6) is 0 Å². The molecule has 0 saturated heterocycles. The van der Waals surface area contributed by atoms with Crippen molar-refractivity contribution in [2.24, 2.45) is 0 Å². The van der Waals surface area contributed by atoms with Gasteiger partial charge in [0.2, 0.25) is 0 Å². The van der Waals surface area contributed by atoms with E-state index in [9.17, 15) is 0 Å². The number of hydrogen-bond acceptors (Lipinski definition) is 5. The van der Waals surface area contributed by atoms with Crippen molar-refractivity contribution in [2.75, 3.05) is 5.73 Å². The molecular formula is C9H8IN3S2. The van der Waals surface area contributed by atoms with E-state index in [1.165, 1.54) is 11.5 Å². The third kappa shape index (κ3) is 2.82. The molecule has 15 heavy (non-hydrogen) atoms. The zero-order valence-corrected chi connectivity index (χ0v) is 11.7. The van der Waals surface area contributed by atoms with Gasteiger partial charge in [-0.25, -0.2) is 4.98 Å². The maximum absolute atomic E-state index is 5.91. The Kier molecular flexibility index (Phi) is 3.47. The largest absolute Gasteiger partial charge is 0.398 e. The Morgan fingerprint density at radius 3 is 2.87 bits per heavy atom. The minimum atomic E-state index is 0.791. The summed E-state index contributed by atoms with van der Waals surface area (Å²) < 4.78 is 6.20. The SMILES string of the molecule is Cc1nsc(Sc2ccc(I)cc2N)n1. The van der Waals surface area contributed by atoms with Crippen LogP contribution in [0.2, 0.25) is 0 Å². The molecule has 0 aliphatic heterocycles. The third-order valence-electron chi connectivity index (χ3n) is 1.68. The molecule has 2 N–H and O–H groups in total. The van der Waals surface area contributed by atoms with Crippen LogP contribution in [0, 0.1) is 10.5 Å². The van der Waals surface area contributed by atoms with Crippen LogP contribution in [0.3, 0.4) is 0 Å². The number of nitrogens with two attached hydrogens (primary N) is 1. The first-order chi connectivity index (χ1) is 7.15. The van der Waals surface area contributed by atoms with Gasteiger partial charge in [-0.1, -0.05) is 11.8 Å². The van der Waals surface area contributed by atoms with E-state index >= 15 is 0 Å². The number of aromatic nitrogens is 2. The molecule has 0 spiro atoms. The lowest BCUT2D eigenvalue weighted by Gasteiger charge is -2.02. The molecule has 0 fully saturated rings. The second-order valence-electron chi connectivity index (χ2n) is 2.89. The molecule has 0 atom stereocenters. The number of hydrogen-bond donors (Lipinski definition) is 1. The fourth-order valence-corrected chi connectivity index (χ4v) is 3.17. The van der Waals surface area contributed by atoms with E-state index in [1.54, 1.807) is 11.8 Å². The van der Waals surface area contributed by atoms with E-state index in [-0.39, 0.29) is 0 Å². The standard InChI is InChI=1S/C9H8IN3S2/c1-5-12-9(15-13-5)14-8-3-2-6(10)4-7(8)11/h2-4H,11H2,1H3. The van der Waals surface area contributed by atoms with Crippen molar-refractivity contribution in [3.8, 4) is 0 Å². The Morgan fingerprint density at radius 1 is 1.47 bits per heavy atom. The molecule has 3 nitrogen and oxygen atoms in total. The van der Waals surface area contributed by atoms with Crippen molar-refractivity contribution in [3.63, 3.8) is 0 Å². The van der Waals surface area contributed by atoms with Crippen LogP contribution < -0.4 is 5.73 Å². The van der Waals surface area contributed by atoms with Gasteiger partial charge >= 0.3 is 0 Å². The summed E-state index contributed by atoms with van der Waals surface area (Å²) in [6.07, 6.45) is 0. The second-order valence-corrected chi connectivity index (χ2v) is 6.18. The second kappa shape index (κ2) is 4.67. The first-order valence-corrected chi connectivity index (χ1v) is 6.85. The van der Waals surface area contributed by atoms with Gasteiger partial charge in [-0.05, 0) is 59.2 Å². The molecule has 0 unspecified atom stereocenters. The minimum absolute atomic E-state index is 0.791. The molecule has 1 aromatic heterocycles. The van der Waals surface area contributed by atoms with Crippen LogP contribution in [0.15, 0.2) is 27.4 Å². The minimum Gasteiger partial charge on any atom is -0.398 e. The number of halogens is 1. The van der Waals surface area contributed by atoms with Crippen LogP contribution in [0.4, 0.5) is 5.69 Å². The highest BCUT2D eigenvalue weighted by Crippen LogP contribution is 2.33. The van der Waals surface area contributed by atoms with Gasteiger partial charge in [-0.3, -0.25) is 0 Å². The average molecular weight is 349 g/mol. The van der Waals surface area contributed by atoms with E-state index in [1.807, 2.05) is 25.1 Å². The molecule has 0 aliphatic rings. The Hall–Kier alpha value is -0.340. The van der Waals surface area contributed by atoms with E-state index in [4.69, 9.17) is 5.73 Å². The Labute approximate surface area is 110 Å². The van der Waals surface area contributed by atoms with Crippen molar-refractivity contribution in [1.82, 2.24) is 9.36 Å². The Balaban J connectivity index is 2.24.